The summed E-state index contributed by atoms with van der Waals surface area (Å²) in [6.45, 7) is 7.71. The van der Waals surface area contributed by atoms with Crippen LogP contribution in [-0.4, -0.2) is 43.5 Å². The van der Waals surface area contributed by atoms with Gasteiger partial charge in [0.25, 0.3) is 0 Å². The zero-order valence-electron chi connectivity index (χ0n) is 16.8. The lowest BCUT2D eigenvalue weighted by Crippen LogP contribution is -2.56. The average Bonchev–Trinajstić information content (AvgIpc) is 3.00. The van der Waals surface area contributed by atoms with E-state index in [2.05, 4.69) is 45.1 Å². The summed E-state index contributed by atoms with van der Waals surface area (Å²) in [7, 11) is 0. The van der Waals surface area contributed by atoms with Crippen LogP contribution in [0, 0.1) is 5.92 Å². The number of fused-ring (bicyclic) bond motifs is 1. The Labute approximate surface area is 165 Å². The standard InChI is InChI=1S/C22H27N5O/c1-21(2,28)17-12-26(13-17)19-10-20(24-14-23-19)27-18-9-16(22(3)7-4-8-22)6-5-15(18)11-25-27/h5-6,9-11,14,17,28H,4,7-8,12-13H2,1-3H3. The minimum absolute atomic E-state index is 0.266. The Bertz CT molecular complexity index is 1020. The van der Waals surface area contributed by atoms with Gasteiger partial charge in [-0.25, -0.2) is 14.6 Å². The summed E-state index contributed by atoms with van der Waals surface area (Å²) in [6.07, 6.45) is 7.32. The molecule has 5 rings (SSSR count). The Morgan fingerprint density at radius 1 is 1.11 bits per heavy atom. The highest BCUT2D eigenvalue weighted by atomic mass is 16.3. The van der Waals surface area contributed by atoms with Crippen LogP contribution in [0.15, 0.2) is 36.8 Å². The van der Waals surface area contributed by atoms with Crippen molar-refractivity contribution in [2.24, 2.45) is 5.92 Å². The predicted octanol–water partition coefficient (Wildman–Crippen LogP) is 3.46. The van der Waals surface area contributed by atoms with E-state index in [4.69, 9.17) is 0 Å². The van der Waals surface area contributed by atoms with Crippen molar-refractivity contribution in [1.29, 1.82) is 0 Å². The van der Waals surface area contributed by atoms with E-state index < -0.39 is 5.60 Å². The zero-order chi connectivity index (χ0) is 19.5. The Balaban J connectivity index is 1.47. The van der Waals surface area contributed by atoms with Crippen molar-refractivity contribution < 1.29 is 5.11 Å². The summed E-state index contributed by atoms with van der Waals surface area (Å²) in [5.41, 5.74) is 2.12. The summed E-state index contributed by atoms with van der Waals surface area (Å²) < 4.78 is 1.92. The van der Waals surface area contributed by atoms with Gasteiger partial charge in [0.2, 0.25) is 0 Å². The van der Waals surface area contributed by atoms with Crippen LogP contribution in [0.25, 0.3) is 16.7 Å². The molecule has 6 nitrogen and oxygen atoms in total. The molecule has 2 fully saturated rings. The fourth-order valence-electron chi connectivity index (χ4n) is 4.31. The SMILES string of the molecule is CC1(c2ccc3cnn(-c4cc(N5CC(C(C)(C)O)C5)ncn4)c3c2)CCC1. The molecule has 1 aliphatic carbocycles. The largest absolute Gasteiger partial charge is 0.390 e. The van der Waals surface area contributed by atoms with Crippen molar-refractivity contribution in [3.8, 4) is 5.82 Å². The highest BCUT2D eigenvalue weighted by molar-refractivity contribution is 5.81. The zero-order valence-corrected chi connectivity index (χ0v) is 16.8. The van der Waals surface area contributed by atoms with Crippen molar-refractivity contribution in [2.45, 2.75) is 51.0 Å². The quantitative estimate of drug-likeness (QED) is 0.754. The summed E-state index contributed by atoms with van der Waals surface area (Å²) in [4.78, 5) is 11.1. The molecule has 0 atom stereocenters. The molecule has 0 unspecified atom stereocenters. The molecule has 1 saturated carbocycles. The van der Waals surface area contributed by atoms with Crippen molar-refractivity contribution in [2.75, 3.05) is 18.0 Å². The molecular formula is C22H27N5O. The minimum Gasteiger partial charge on any atom is -0.390 e. The Kier molecular flexibility index (Phi) is 3.78. The monoisotopic (exact) mass is 377 g/mol. The van der Waals surface area contributed by atoms with E-state index in [0.717, 1.165) is 35.6 Å². The van der Waals surface area contributed by atoms with Crippen LogP contribution < -0.4 is 4.90 Å². The third-order valence-corrected chi connectivity index (χ3v) is 6.78. The number of nitrogens with zero attached hydrogens (tertiary/aromatic N) is 5. The molecule has 0 bridgehead atoms. The van der Waals surface area contributed by atoms with Gasteiger partial charge >= 0.3 is 0 Å². The van der Waals surface area contributed by atoms with Crippen molar-refractivity contribution >= 4 is 16.7 Å². The first-order chi connectivity index (χ1) is 13.3. The van der Waals surface area contributed by atoms with Gasteiger partial charge in [0.1, 0.15) is 12.1 Å². The number of hydrogen-bond acceptors (Lipinski definition) is 5. The predicted molar refractivity (Wildman–Crippen MR) is 110 cm³/mol. The van der Waals surface area contributed by atoms with Gasteiger partial charge in [-0.05, 0) is 43.7 Å². The average molecular weight is 377 g/mol. The maximum absolute atomic E-state index is 10.2. The second-order valence-corrected chi connectivity index (χ2v) is 9.23. The fraction of sp³-hybridized carbons (Fsp3) is 0.500. The number of aromatic nitrogens is 4. The number of hydrogen-bond donors (Lipinski definition) is 1. The molecule has 0 radical (unpaired) electrons. The molecule has 0 spiro atoms. The van der Waals surface area contributed by atoms with E-state index in [9.17, 15) is 5.11 Å². The summed E-state index contributed by atoms with van der Waals surface area (Å²) in [5.74, 6) is 1.93. The summed E-state index contributed by atoms with van der Waals surface area (Å²) in [5, 5.41) is 15.9. The smallest absolute Gasteiger partial charge is 0.159 e. The van der Waals surface area contributed by atoms with Crippen molar-refractivity contribution in [1.82, 2.24) is 19.7 Å². The van der Waals surface area contributed by atoms with Gasteiger partial charge < -0.3 is 10.0 Å². The third-order valence-electron chi connectivity index (χ3n) is 6.78. The number of benzene rings is 1. The van der Waals surface area contributed by atoms with E-state index in [0.29, 0.717) is 5.41 Å². The number of rotatable bonds is 4. The Morgan fingerprint density at radius 3 is 2.54 bits per heavy atom. The van der Waals surface area contributed by atoms with Gasteiger partial charge in [0.15, 0.2) is 5.82 Å². The van der Waals surface area contributed by atoms with Gasteiger partial charge in [0, 0.05) is 30.5 Å². The molecule has 1 N–H and O–H groups in total. The Hall–Kier alpha value is -2.47. The lowest BCUT2D eigenvalue weighted by Gasteiger charge is -2.45. The lowest BCUT2D eigenvalue weighted by molar-refractivity contribution is 0.00438. The van der Waals surface area contributed by atoms with Gasteiger partial charge in [0.05, 0.1) is 17.3 Å². The molecule has 1 saturated heterocycles. The second kappa shape index (κ2) is 6.01. The molecule has 28 heavy (non-hydrogen) atoms. The molecule has 2 aliphatic rings. The summed E-state index contributed by atoms with van der Waals surface area (Å²) in [6, 6.07) is 8.68. The fourth-order valence-corrected chi connectivity index (χ4v) is 4.31. The van der Waals surface area contributed by atoms with Crippen LogP contribution >= 0.6 is 0 Å². The van der Waals surface area contributed by atoms with Crippen LogP contribution in [0.4, 0.5) is 5.82 Å². The molecule has 2 aromatic heterocycles. The maximum atomic E-state index is 10.2. The maximum Gasteiger partial charge on any atom is 0.159 e. The van der Waals surface area contributed by atoms with Crippen molar-refractivity contribution in [3.05, 3.63) is 42.4 Å². The van der Waals surface area contributed by atoms with E-state index in [1.165, 1.54) is 24.8 Å². The minimum atomic E-state index is -0.654. The van der Waals surface area contributed by atoms with Gasteiger partial charge in [-0.15, -0.1) is 0 Å². The first kappa shape index (κ1) is 17.6. The molecular weight excluding hydrogens is 350 g/mol. The molecule has 1 aliphatic heterocycles. The van der Waals surface area contributed by atoms with Crippen LogP contribution in [0.2, 0.25) is 0 Å². The Morgan fingerprint density at radius 2 is 1.86 bits per heavy atom. The van der Waals surface area contributed by atoms with E-state index in [1.54, 1.807) is 6.33 Å². The third kappa shape index (κ3) is 2.78. The highest BCUT2D eigenvalue weighted by Gasteiger charge is 2.38. The normalized spacial score (nSPS) is 19.5. The molecule has 1 aromatic carbocycles. The van der Waals surface area contributed by atoms with Crippen LogP contribution in [0.1, 0.15) is 45.6 Å². The molecule has 0 amide bonds. The molecule has 3 aromatic rings. The highest BCUT2D eigenvalue weighted by Crippen LogP contribution is 2.43. The number of aliphatic hydroxyl groups is 1. The number of anilines is 1. The van der Waals surface area contributed by atoms with E-state index in [-0.39, 0.29) is 5.92 Å². The van der Waals surface area contributed by atoms with Gasteiger partial charge in [-0.1, -0.05) is 25.5 Å². The molecule has 6 heteroatoms. The lowest BCUT2D eigenvalue weighted by atomic mass is 9.66. The van der Waals surface area contributed by atoms with E-state index in [1.807, 2.05) is 30.8 Å². The van der Waals surface area contributed by atoms with Crippen molar-refractivity contribution in [3.63, 3.8) is 0 Å². The molecule has 146 valence electrons. The summed E-state index contributed by atoms with van der Waals surface area (Å²) >= 11 is 0. The first-order valence-electron chi connectivity index (χ1n) is 10.1. The first-order valence-corrected chi connectivity index (χ1v) is 10.1. The van der Waals surface area contributed by atoms with Crippen LogP contribution in [0.5, 0.6) is 0 Å². The van der Waals surface area contributed by atoms with Crippen LogP contribution in [-0.2, 0) is 5.41 Å². The second-order valence-electron chi connectivity index (χ2n) is 9.23. The van der Waals surface area contributed by atoms with Gasteiger partial charge in [-0.2, -0.15) is 5.10 Å². The van der Waals surface area contributed by atoms with Crippen LogP contribution in [0.3, 0.4) is 0 Å². The van der Waals surface area contributed by atoms with E-state index >= 15 is 0 Å². The van der Waals surface area contributed by atoms with Gasteiger partial charge in [-0.3, -0.25) is 0 Å². The topological polar surface area (TPSA) is 67.1 Å². The molecule has 3 heterocycles.